The zero-order chi connectivity index (χ0) is 12.1. The van der Waals surface area contributed by atoms with E-state index in [4.69, 9.17) is 10.5 Å². The highest BCUT2D eigenvalue weighted by Crippen LogP contribution is 2.09. The van der Waals surface area contributed by atoms with Gasteiger partial charge in [-0.1, -0.05) is 0 Å². The van der Waals surface area contributed by atoms with E-state index in [1.54, 1.807) is 27.8 Å². The zero-order valence-corrected chi connectivity index (χ0v) is 9.79. The first-order chi connectivity index (χ1) is 6.76. The average Bonchev–Trinajstić information content (AvgIpc) is 2.01. The SMILES string of the molecule is CNC(CCC(=O)OC(C)(C)C)C(N)=O. The lowest BCUT2D eigenvalue weighted by Gasteiger charge is -2.20. The van der Waals surface area contributed by atoms with E-state index in [-0.39, 0.29) is 12.4 Å². The van der Waals surface area contributed by atoms with Gasteiger partial charge in [-0.05, 0) is 34.2 Å². The van der Waals surface area contributed by atoms with Gasteiger partial charge in [0.15, 0.2) is 0 Å². The average molecular weight is 216 g/mol. The highest BCUT2D eigenvalue weighted by Gasteiger charge is 2.19. The molecule has 0 rings (SSSR count). The maximum atomic E-state index is 11.3. The van der Waals surface area contributed by atoms with E-state index in [0.29, 0.717) is 6.42 Å². The van der Waals surface area contributed by atoms with Crippen molar-refractivity contribution in [3.63, 3.8) is 0 Å². The van der Waals surface area contributed by atoms with Crippen LogP contribution in [0.2, 0.25) is 0 Å². The van der Waals surface area contributed by atoms with Crippen molar-refractivity contribution in [2.45, 2.75) is 45.3 Å². The van der Waals surface area contributed by atoms with Crippen molar-refractivity contribution >= 4 is 11.9 Å². The summed E-state index contributed by atoms with van der Waals surface area (Å²) < 4.78 is 5.09. The summed E-state index contributed by atoms with van der Waals surface area (Å²) in [5, 5.41) is 2.74. The molecule has 0 aromatic carbocycles. The molecule has 0 aliphatic heterocycles. The van der Waals surface area contributed by atoms with Gasteiger partial charge in [0.1, 0.15) is 5.60 Å². The lowest BCUT2D eigenvalue weighted by Crippen LogP contribution is -2.39. The van der Waals surface area contributed by atoms with Crippen LogP contribution in [0, 0.1) is 0 Å². The molecule has 1 atom stereocenters. The van der Waals surface area contributed by atoms with Crippen LogP contribution in [0.1, 0.15) is 33.6 Å². The summed E-state index contributed by atoms with van der Waals surface area (Å²) in [7, 11) is 1.63. The molecule has 3 N–H and O–H groups in total. The summed E-state index contributed by atoms with van der Waals surface area (Å²) in [6, 6.07) is -0.475. The maximum Gasteiger partial charge on any atom is 0.306 e. The molecule has 0 aliphatic rings. The third-order valence-corrected chi connectivity index (χ3v) is 1.75. The highest BCUT2D eigenvalue weighted by molar-refractivity contribution is 5.80. The Morgan fingerprint density at radius 3 is 2.27 bits per heavy atom. The first-order valence-corrected chi connectivity index (χ1v) is 4.94. The normalized spacial score (nSPS) is 13.3. The zero-order valence-electron chi connectivity index (χ0n) is 9.79. The molecule has 0 saturated heterocycles. The second kappa shape index (κ2) is 5.70. The largest absolute Gasteiger partial charge is 0.460 e. The quantitative estimate of drug-likeness (QED) is 0.642. The van der Waals surface area contributed by atoms with Gasteiger partial charge in [0, 0.05) is 6.42 Å². The van der Waals surface area contributed by atoms with Crippen molar-refractivity contribution in [1.29, 1.82) is 0 Å². The van der Waals surface area contributed by atoms with Crippen molar-refractivity contribution in [2.75, 3.05) is 7.05 Å². The lowest BCUT2D eigenvalue weighted by molar-refractivity contribution is -0.155. The number of carbonyl (C=O) groups is 2. The van der Waals surface area contributed by atoms with Crippen molar-refractivity contribution in [2.24, 2.45) is 5.73 Å². The monoisotopic (exact) mass is 216 g/mol. The molecule has 0 radical (unpaired) electrons. The number of likely N-dealkylation sites (N-methyl/N-ethyl adjacent to an activating group) is 1. The van der Waals surface area contributed by atoms with Crippen LogP contribution in [0.3, 0.4) is 0 Å². The standard InChI is InChI=1S/C10H20N2O3/c1-10(2,3)15-8(13)6-5-7(12-4)9(11)14/h7,12H,5-6H2,1-4H3,(H2,11,14). The fraction of sp³-hybridized carbons (Fsp3) is 0.800. The van der Waals surface area contributed by atoms with Crippen LogP contribution in [0.5, 0.6) is 0 Å². The van der Waals surface area contributed by atoms with E-state index >= 15 is 0 Å². The molecule has 0 heterocycles. The Morgan fingerprint density at radius 2 is 1.93 bits per heavy atom. The number of primary amides is 1. The number of ether oxygens (including phenoxy) is 1. The fourth-order valence-corrected chi connectivity index (χ4v) is 1.08. The third kappa shape index (κ3) is 6.90. The molecule has 88 valence electrons. The number of nitrogens with two attached hydrogens (primary N) is 1. The van der Waals surface area contributed by atoms with Crippen molar-refractivity contribution in [3.05, 3.63) is 0 Å². The van der Waals surface area contributed by atoms with Crippen molar-refractivity contribution in [1.82, 2.24) is 5.32 Å². The number of esters is 1. The molecule has 1 amide bonds. The minimum absolute atomic E-state index is 0.186. The highest BCUT2D eigenvalue weighted by atomic mass is 16.6. The molecule has 0 aromatic rings. The Morgan fingerprint density at radius 1 is 1.40 bits per heavy atom. The first-order valence-electron chi connectivity index (χ1n) is 4.94. The van der Waals surface area contributed by atoms with Crippen LogP contribution in [-0.4, -0.2) is 30.6 Å². The lowest BCUT2D eigenvalue weighted by atomic mass is 10.1. The molecule has 0 bridgehead atoms. The van der Waals surface area contributed by atoms with Gasteiger partial charge in [-0.25, -0.2) is 0 Å². The van der Waals surface area contributed by atoms with Crippen LogP contribution in [-0.2, 0) is 14.3 Å². The summed E-state index contributed by atoms with van der Waals surface area (Å²) in [5.41, 5.74) is 4.62. The van der Waals surface area contributed by atoms with Crippen molar-refractivity contribution in [3.8, 4) is 0 Å². The van der Waals surface area contributed by atoms with E-state index in [0.717, 1.165) is 0 Å². The summed E-state index contributed by atoms with van der Waals surface area (Å²) >= 11 is 0. The molecule has 0 fully saturated rings. The van der Waals surface area contributed by atoms with Gasteiger partial charge in [0.25, 0.3) is 0 Å². The molecule has 5 nitrogen and oxygen atoms in total. The molecule has 15 heavy (non-hydrogen) atoms. The molecule has 1 unspecified atom stereocenters. The van der Waals surface area contributed by atoms with E-state index in [1.807, 2.05) is 0 Å². The van der Waals surface area contributed by atoms with Crippen molar-refractivity contribution < 1.29 is 14.3 Å². The number of nitrogens with one attached hydrogen (secondary N) is 1. The molecule has 0 aliphatic carbocycles. The van der Waals surface area contributed by atoms with Gasteiger partial charge in [-0.15, -0.1) is 0 Å². The number of rotatable bonds is 5. The van der Waals surface area contributed by atoms with Gasteiger partial charge in [0.2, 0.25) is 5.91 Å². The Balaban J connectivity index is 3.94. The topological polar surface area (TPSA) is 81.4 Å². The smallest absolute Gasteiger partial charge is 0.306 e. The summed E-state index contributed by atoms with van der Waals surface area (Å²) in [6.45, 7) is 5.40. The van der Waals surface area contributed by atoms with Gasteiger partial charge in [0.05, 0.1) is 6.04 Å². The second-order valence-electron chi connectivity index (χ2n) is 4.37. The minimum atomic E-state index is -0.487. The molecule has 5 heteroatoms. The van der Waals surface area contributed by atoms with E-state index in [1.165, 1.54) is 0 Å². The minimum Gasteiger partial charge on any atom is -0.460 e. The number of hydrogen-bond acceptors (Lipinski definition) is 4. The Kier molecular flexibility index (Phi) is 5.28. The van der Waals surface area contributed by atoms with Crippen LogP contribution >= 0.6 is 0 Å². The van der Waals surface area contributed by atoms with Gasteiger partial charge < -0.3 is 15.8 Å². The number of carbonyl (C=O) groups excluding carboxylic acids is 2. The number of hydrogen-bond donors (Lipinski definition) is 2. The van der Waals surface area contributed by atoms with Gasteiger partial charge in [-0.2, -0.15) is 0 Å². The fourth-order valence-electron chi connectivity index (χ4n) is 1.08. The molecular formula is C10H20N2O3. The van der Waals surface area contributed by atoms with Crippen LogP contribution in [0.25, 0.3) is 0 Å². The van der Waals surface area contributed by atoms with Crippen LogP contribution in [0.15, 0.2) is 0 Å². The Bertz CT molecular complexity index is 233. The predicted molar refractivity (Wildman–Crippen MR) is 57.1 cm³/mol. The van der Waals surface area contributed by atoms with Gasteiger partial charge >= 0.3 is 5.97 Å². The molecule has 0 aromatic heterocycles. The van der Waals surface area contributed by atoms with E-state index in [9.17, 15) is 9.59 Å². The summed E-state index contributed by atoms with van der Waals surface area (Å²) in [5.74, 6) is -0.773. The maximum absolute atomic E-state index is 11.3. The molecule has 0 spiro atoms. The molecule has 0 saturated carbocycles. The Labute approximate surface area is 90.4 Å². The summed E-state index contributed by atoms with van der Waals surface area (Å²) in [4.78, 5) is 22.1. The van der Waals surface area contributed by atoms with Crippen LogP contribution < -0.4 is 11.1 Å². The molecular weight excluding hydrogens is 196 g/mol. The van der Waals surface area contributed by atoms with Gasteiger partial charge in [-0.3, -0.25) is 9.59 Å². The first kappa shape index (κ1) is 13.9. The predicted octanol–water partition coefficient (Wildman–Crippen LogP) is 0.182. The Hall–Kier alpha value is -1.10. The van der Waals surface area contributed by atoms with E-state index < -0.39 is 17.6 Å². The summed E-state index contributed by atoms with van der Waals surface area (Å²) in [6.07, 6.45) is 0.548. The second-order valence-corrected chi connectivity index (χ2v) is 4.37. The van der Waals surface area contributed by atoms with E-state index in [2.05, 4.69) is 5.32 Å². The number of amides is 1. The third-order valence-electron chi connectivity index (χ3n) is 1.75. The van der Waals surface area contributed by atoms with Crippen LogP contribution in [0.4, 0.5) is 0 Å².